The number of carbonyl (C=O) groups excluding carboxylic acids is 2. The fourth-order valence-electron chi connectivity index (χ4n) is 4.69. The molecule has 0 saturated carbocycles. The molecule has 3 aromatic carbocycles. The van der Waals surface area contributed by atoms with E-state index in [2.05, 4.69) is 14.8 Å². The van der Waals surface area contributed by atoms with Gasteiger partial charge >= 0.3 is 0 Å². The van der Waals surface area contributed by atoms with Gasteiger partial charge in [-0.15, -0.1) is 0 Å². The number of nitrogens with one attached hydrogen (secondary N) is 1. The number of benzene rings is 3. The molecule has 1 fully saturated rings. The third kappa shape index (κ3) is 5.84. The first kappa shape index (κ1) is 26.9. The first-order valence-corrected chi connectivity index (χ1v) is 15.0. The van der Waals surface area contributed by atoms with Crippen LogP contribution >= 0.6 is 11.6 Å². The van der Waals surface area contributed by atoms with Crippen LogP contribution in [-0.2, 0) is 28.2 Å². The van der Waals surface area contributed by atoms with Crippen LogP contribution in [0.5, 0.6) is 5.88 Å². The second-order valence-electron chi connectivity index (χ2n) is 9.62. The van der Waals surface area contributed by atoms with Crippen LogP contribution in [0.3, 0.4) is 0 Å². The normalized spacial score (nSPS) is 14.6. The van der Waals surface area contributed by atoms with Crippen LogP contribution in [-0.4, -0.2) is 37.2 Å². The fraction of sp³-hybridized carbons (Fsp3) is 0.276. The first-order chi connectivity index (χ1) is 18.7. The predicted molar refractivity (Wildman–Crippen MR) is 154 cm³/mol. The van der Waals surface area contributed by atoms with Crippen molar-refractivity contribution >= 4 is 55.2 Å². The Bertz CT molecular complexity index is 1690. The molecular weight excluding hydrogens is 536 g/mol. The minimum absolute atomic E-state index is 0.0314. The van der Waals surface area contributed by atoms with Crippen molar-refractivity contribution in [1.29, 1.82) is 0 Å². The van der Waals surface area contributed by atoms with E-state index in [-0.39, 0.29) is 34.4 Å². The lowest BCUT2D eigenvalue weighted by atomic mass is 10.0. The third-order valence-electron chi connectivity index (χ3n) is 6.67. The second kappa shape index (κ2) is 11.2. The summed E-state index contributed by atoms with van der Waals surface area (Å²) in [5.74, 6) is 0.474. The van der Waals surface area contributed by atoms with E-state index in [0.29, 0.717) is 23.1 Å². The van der Waals surface area contributed by atoms with Crippen molar-refractivity contribution < 1.29 is 18.5 Å². The Morgan fingerprint density at radius 1 is 1.05 bits per heavy atom. The van der Waals surface area contributed by atoms with Crippen LogP contribution in [0.1, 0.15) is 47.7 Å². The summed E-state index contributed by atoms with van der Waals surface area (Å²) >= 11 is 6.75. The number of fused-ring (bicyclic) bond motifs is 1. The zero-order valence-electron chi connectivity index (χ0n) is 21.8. The summed E-state index contributed by atoms with van der Waals surface area (Å²) in [5.41, 5.74) is 1.82. The molecule has 0 unspecified atom stereocenters. The van der Waals surface area contributed by atoms with E-state index in [9.17, 15) is 13.8 Å². The zero-order chi connectivity index (χ0) is 27.6. The van der Waals surface area contributed by atoms with Gasteiger partial charge < -0.3 is 10.1 Å². The van der Waals surface area contributed by atoms with Crippen LogP contribution in [0.25, 0.3) is 10.8 Å². The molecule has 1 amide bonds. The average Bonchev–Trinajstić information content (AvgIpc) is 3.29. The zero-order valence-corrected chi connectivity index (χ0v) is 23.3. The molecular formula is C29H29ClN4O4S. The number of amides is 1. The summed E-state index contributed by atoms with van der Waals surface area (Å²) in [6.07, 6.45) is 4.05. The molecule has 0 radical (unpaired) electrons. The van der Waals surface area contributed by atoms with E-state index >= 15 is 0 Å². The summed E-state index contributed by atoms with van der Waals surface area (Å²) in [7, 11) is -0.857. The van der Waals surface area contributed by atoms with Crippen LogP contribution in [0.2, 0.25) is 5.02 Å². The van der Waals surface area contributed by atoms with Gasteiger partial charge in [0.15, 0.2) is 0 Å². The molecule has 39 heavy (non-hydrogen) atoms. The van der Waals surface area contributed by atoms with Gasteiger partial charge in [0.05, 0.1) is 26.6 Å². The lowest BCUT2D eigenvalue weighted by Gasteiger charge is -2.18. The highest BCUT2D eigenvalue weighted by molar-refractivity contribution is 7.93. The van der Waals surface area contributed by atoms with Crippen molar-refractivity contribution in [1.82, 2.24) is 9.78 Å². The third-order valence-corrected chi connectivity index (χ3v) is 9.43. The molecule has 1 saturated heterocycles. The SMILES string of the molecule is CC(=O)Nc1ccc(C(=O)c2cnn(C)c2OCc2ccc3ccccc3c2)c(Cl)c1N=S1(=O)CCCCC1. The lowest BCUT2D eigenvalue weighted by Crippen LogP contribution is -2.16. The maximum absolute atomic E-state index is 13.7. The molecule has 1 aliphatic rings. The second-order valence-corrected chi connectivity index (χ2v) is 12.5. The Balaban J connectivity index is 1.48. The Kier molecular flexibility index (Phi) is 7.72. The Morgan fingerprint density at radius 3 is 2.54 bits per heavy atom. The van der Waals surface area contributed by atoms with E-state index in [0.717, 1.165) is 35.6 Å². The van der Waals surface area contributed by atoms with Crippen molar-refractivity contribution in [2.45, 2.75) is 32.8 Å². The number of anilines is 1. The number of nitrogens with zero attached hydrogens (tertiary/aromatic N) is 3. The minimum Gasteiger partial charge on any atom is -0.472 e. The number of ether oxygens (including phenoxy) is 1. The summed E-state index contributed by atoms with van der Waals surface area (Å²) in [6, 6.07) is 17.2. The molecule has 0 atom stereocenters. The highest BCUT2D eigenvalue weighted by atomic mass is 35.5. The quantitative estimate of drug-likeness (QED) is 0.266. The fourth-order valence-corrected chi connectivity index (χ4v) is 7.25. The lowest BCUT2D eigenvalue weighted by molar-refractivity contribution is -0.114. The highest BCUT2D eigenvalue weighted by Crippen LogP contribution is 2.39. The highest BCUT2D eigenvalue weighted by Gasteiger charge is 2.25. The van der Waals surface area contributed by atoms with Crippen LogP contribution in [0.15, 0.2) is 65.2 Å². The van der Waals surface area contributed by atoms with Crippen molar-refractivity contribution in [2.75, 3.05) is 16.8 Å². The molecule has 4 aromatic rings. The molecule has 2 heterocycles. The molecule has 1 aliphatic heterocycles. The van der Waals surface area contributed by atoms with E-state index in [4.69, 9.17) is 16.3 Å². The maximum atomic E-state index is 13.7. The van der Waals surface area contributed by atoms with Gasteiger partial charge in [0.25, 0.3) is 0 Å². The van der Waals surface area contributed by atoms with Crippen molar-refractivity contribution in [2.24, 2.45) is 11.4 Å². The summed E-state index contributed by atoms with van der Waals surface area (Å²) in [4.78, 5) is 25.6. The number of hydrogen-bond acceptors (Lipinski definition) is 6. The van der Waals surface area contributed by atoms with Crippen molar-refractivity contribution in [3.8, 4) is 5.88 Å². The Morgan fingerprint density at radius 2 is 1.79 bits per heavy atom. The van der Waals surface area contributed by atoms with Gasteiger partial charge in [0.1, 0.15) is 17.9 Å². The molecule has 0 aliphatic carbocycles. The predicted octanol–water partition coefficient (Wildman–Crippen LogP) is 6.28. The summed E-state index contributed by atoms with van der Waals surface area (Å²) in [5, 5.41) is 9.20. The van der Waals surface area contributed by atoms with E-state index in [1.165, 1.54) is 23.9 Å². The molecule has 0 bridgehead atoms. The molecule has 5 rings (SSSR count). The molecule has 0 spiro atoms. The van der Waals surface area contributed by atoms with Gasteiger partial charge in [-0.05, 0) is 47.4 Å². The van der Waals surface area contributed by atoms with Gasteiger partial charge in [-0.3, -0.25) is 9.59 Å². The number of rotatable bonds is 7. The van der Waals surface area contributed by atoms with Gasteiger partial charge in [0, 0.05) is 31.0 Å². The monoisotopic (exact) mass is 564 g/mol. The number of carbonyl (C=O) groups is 2. The molecule has 10 heteroatoms. The van der Waals surface area contributed by atoms with E-state index < -0.39 is 15.5 Å². The van der Waals surface area contributed by atoms with Crippen LogP contribution in [0, 0.1) is 0 Å². The Labute approximate surface area is 232 Å². The van der Waals surface area contributed by atoms with Crippen LogP contribution < -0.4 is 10.1 Å². The van der Waals surface area contributed by atoms with E-state index in [1.54, 1.807) is 13.1 Å². The van der Waals surface area contributed by atoms with Gasteiger partial charge in [-0.25, -0.2) is 8.89 Å². The molecule has 1 N–H and O–H groups in total. The van der Waals surface area contributed by atoms with Gasteiger partial charge in [0.2, 0.25) is 17.6 Å². The van der Waals surface area contributed by atoms with Crippen molar-refractivity contribution in [3.05, 3.63) is 82.5 Å². The molecule has 1 aromatic heterocycles. The van der Waals surface area contributed by atoms with Crippen LogP contribution in [0.4, 0.5) is 11.4 Å². The number of aromatic nitrogens is 2. The average molecular weight is 565 g/mol. The number of halogens is 1. The van der Waals surface area contributed by atoms with Gasteiger partial charge in [-0.1, -0.05) is 54.4 Å². The van der Waals surface area contributed by atoms with E-state index in [1.807, 2.05) is 42.5 Å². The molecule has 8 nitrogen and oxygen atoms in total. The minimum atomic E-state index is -2.55. The number of hydrogen-bond donors (Lipinski definition) is 1. The summed E-state index contributed by atoms with van der Waals surface area (Å²) < 4.78 is 25.5. The largest absolute Gasteiger partial charge is 0.472 e. The first-order valence-electron chi connectivity index (χ1n) is 12.7. The summed E-state index contributed by atoms with van der Waals surface area (Å²) in [6.45, 7) is 1.61. The maximum Gasteiger partial charge on any atom is 0.223 e. The Hall–Kier alpha value is -3.69. The number of ketones is 1. The van der Waals surface area contributed by atoms with Gasteiger partial charge in [-0.2, -0.15) is 9.46 Å². The topological polar surface area (TPSA) is 103 Å². The number of aryl methyl sites for hydroxylation is 1. The smallest absolute Gasteiger partial charge is 0.223 e. The molecule has 202 valence electrons. The van der Waals surface area contributed by atoms with Crippen molar-refractivity contribution in [3.63, 3.8) is 0 Å². The standard InChI is InChI=1S/C29H29ClN4O4S/c1-19(35)32-25-13-12-23(26(30)27(25)33-39(37)14-6-3-7-15-39)28(36)24-17-31-34(2)29(24)38-18-20-10-11-21-8-4-5-9-22(21)16-20/h4-5,8-13,16-17H,3,6-7,14-15,18H2,1-2H3,(H,32,35).